The maximum absolute atomic E-state index is 11.7. The van der Waals surface area contributed by atoms with Crippen LogP contribution in [0.4, 0.5) is 11.4 Å². The fourth-order valence-corrected chi connectivity index (χ4v) is 2.84. The number of aliphatic carboxylic acids is 1. The molecule has 0 saturated heterocycles. The Labute approximate surface area is 119 Å². The van der Waals surface area contributed by atoms with E-state index in [0.717, 1.165) is 21.4 Å². The van der Waals surface area contributed by atoms with Crippen molar-refractivity contribution in [3.63, 3.8) is 0 Å². The van der Waals surface area contributed by atoms with Gasteiger partial charge in [0.1, 0.15) is 0 Å². The third-order valence-electron chi connectivity index (χ3n) is 3.06. The topological polar surface area (TPSA) is 69.6 Å². The number of anilines is 2. The number of aryl methyl sites for hydroxylation is 1. The van der Waals surface area contributed by atoms with Gasteiger partial charge in [0.25, 0.3) is 0 Å². The van der Waals surface area contributed by atoms with Crippen LogP contribution in [0.1, 0.15) is 18.4 Å². The van der Waals surface area contributed by atoms with Crippen molar-refractivity contribution in [1.82, 2.24) is 0 Å². The molecule has 0 spiro atoms. The summed E-state index contributed by atoms with van der Waals surface area (Å²) < 4.78 is 0.893. The lowest BCUT2D eigenvalue weighted by atomic mass is 10.1. The summed E-state index contributed by atoms with van der Waals surface area (Å²) in [6.45, 7) is 2.89. The molecule has 6 heteroatoms. The number of halogens is 1. The van der Waals surface area contributed by atoms with Gasteiger partial charge in [-0.3, -0.25) is 9.59 Å². The first-order valence-corrected chi connectivity index (χ1v) is 6.83. The fourth-order valence-electron chi connectivity index (χ4n) is 2.27. The molecule has 2 rings (SSSR count). The molecule has 1 aliphatic rings. The highest BCUT2D eigenvalue weighted by Crippen LogP contribution is 2.35. The highest BCUT2D eigenvalue weighted by Gasteiger charge is 2.21. The van der Waals surface area contributed by atoms with Crippen LogP contribution in [0.3, 0.4) is 0 Å². The van der Waals surface area contributed by atoms with Gasteiger partial charge in [-0.25, -0.2) is 0 Å². The van der Waals surface area contributed by atoms with Crippen LogP contribution in [0.15, 0.2) is 16.6 Å². The van der Waals surface area contributed by atoms with E-state index in [1.165, 1.54) is 0 Å². The van der Waals surface area contributed by atoms with Crippen LogP contribution in [-0.4, -0.2) is 30.1 Å². The van der Waals surface area contributed by atoms with Crippen molar-refractivity contribution in [2.45, 2.75) is 19.8 Å². The average molecular weight is 327 g/mol. The maximum Gasteiger partial charge on any atom is 0.305 e. The van der Waals surface area contributed by atoms with Crippen LogP contribution < -0.4 is 10.2 Å². The van der Waals surface area contributed by atoms with E-state index in [1.54, 1.807) is 0 Å². The number of carboxylic acid groups (broad SMARTS) is 1. The second kappa shape index (κ2) is 5.61. The summed E-state index contributed by atoms with van der Waals surface area (Å²) >= 11 is 3.40. The highest BCUT2D eigenvalue weighted by molar-refractivity contribution is 9.10. The molecule has 0 atom stereocenters. The number of benzene rings is 1. The molecule has 0 radical (unpaired) electrons. The highest BCUT2D eigenvalue weighted by atomic mass is 79.9. The number of nitrogens with zero attached hydrogens (tertiary/aromatic N) is 1. The Balaban J connectivity index is 2.38. The van der Waals surface area contributed by atoms with Crippen molar-refractivity contribution < 1.29 is 14.7 Å². The van der Waals surface area contributed by atoms with Gasteiger partial charge in [-0.1, -0.05) is 15.9 Å². The molecule has 1 aromatic carbocycles. The Hall–Kier alpha value is -1.56. The van der Waals surface area contributed by atoms with Crippen molar-refractivity contribution >= 4 is 39.2 Å². The molecule has 0 bridgehead atoms. The Morgan fingerprint density at radius 1 is 1.53 bits per heavy atom. The summed E-state index contributed by atoms with van der Waals surface area (Å²) in [6.07, 6.45) is 0.425. The van der Waals surface area contributed by atoms with Crippen molar-refractivity contribution in [2.75, 3.05) is 23.3 Å². The molecule has 5 nitrogen and oxygen atoms in total. The van der Waals surface area contributed by atoms with Crippen LogP contribution in [0, 0.1) is 6.92 Å². The largest absolute Gasteiger partial charge is 0.481 e. The Morgan fingerprint density at radius 2 is 2.26 bits per heavy atom. The molecule has 1 aromatic rings. The SMILES string of the molecule is Cc1cc(Br)cc2c1N(CCC(=O)O)CCC(=O)N2. The minimum Gasteiger partial charge on any atom is -0.481 e. The summed E-state index contributed by atoms with van der Waals surface area (Å²) in [6, 6.07) is 3.81. The normalized spacial score (nSPS) is 14.6. The van der Waals surface area contributed by atoms with Gasteiger partial charge < -0.3 is 15.3 Å². The second-order valence-electron chi connectivity index (χ2n) is 4.55. The van der Waals surface area contributed by atoms with E-state index in [2.05, 4.69) is 21.2 Å². The van der Waals surface area contributed by atoms with Crippen LogP contribution >= 0.6 is 15.9 Å². The van der Waals surface area contributed by atoms with E-state index in [1.807, 2.05) is 24.0 Å². The number of nitrogens with one attached hydrogen (secondary N) is 1. The molecule has 1 amide bonds. The molecular formula is C13H15BrN2O3. The molecule has 0 saturated carbocycles. The van der Waals surface area contributed by atoms with Crippen molar-refractivity contribution in [3.8, 4) is 0 Å². The minimum absolute atomic E-state index is 0.0448. The van der Waals surface area contributed by atoms with Crippen molar-refractivity contribution in [3.05, 3.63) is 22.2 Å². The smallest absolute Gasteiger partial charge is 0.305 e. The van der Waals surface area contributed by atoms with Gasteiger partial charge in [0.15, 0.2) is 0 Å². The summed E-state index contributed by atoms with van der Waals surface area (Å²) in [4.78, 5) is 24.4. The Bertz CT molecular complexity index is 531. The molecule has 0 aromatic heterocycles. The minimum atomic E-state index is -0.833. The third kappa shape index (κ3) is 3.26. The lowest BCUT2D eigenvalue weighted by Crippen LogP contribution is -2.27. The quantitative estimate of drug-likeness (QED) is 0.894. The van der Waals surface area contributed by atoms with Gasteiger partial charge in [0.05, 0.1) is 17.8 Å². The van der Waals surface area contributed by atoms with Gasteiger partial charge in [-0.05, 0) is 24.6 Å². The Morgan fingerprint density at radius 3 is 2.95 bits per heavy atom. The predicted octanol–water partition coefficient (Wildman–Crippen LogP) is 2.38. The number of hydrogen-bond acceptors (Lipinski definition) is 3. The molecule has 0 unspecified atom stereocenters. The standard InChI is InChI=1S/C13H15BrN2O3/c1-8-6-9(14)7-10-13(8)16(5-3-12(18)19)4-2-11(17)15-10/h6-7H,2-5H2,1H3,(H,15,17)(H,18,19). The molecule has 0 fully saturated rings. The number of hydrogen-bond donors (Lipinski definition) is 2. The van der Waals surface area contributed by atoms with Gasteiger partial charge in [0.2, 0.25) is 5.91 Å². The van der Waals surface area contributed by atoms with Crippen molar-refractivity contribution in [2.24, 2.45) is 0 Å². The first-order valence-electron chi connectivity index (χ1n) is 6.04. The molecule has 19 heavy (non-hydrogen) atoms. The zero-order valence-corrected chi connectivity index (χ0v) is 12.2. The van der Waals surface area contributed by atoms with Crippen LogP contribution in [0.5, 0.6) is 0 Å². The monoisotopic (exact) mass is 326 g/mol. The maximum atomic E-state index is 11.7. The van der Waals surface area contributed by atoms with Gasteiger partial charge in [0, 0.05) is 24.0 Å². The van der Waals surface area contributed by atoms with Crippen LogP contribution in [0.25, 0.3) is 0 Å². The Kier molecular flexibility index (Phi) is 4.09. The first-order chi connectivity index (χ1) is 8.97. The number of carbonyl (C=O) groups excluding carboxylic acids is 1. The summed E-state index contributed by atoms with van der Waals surface area (Å²) in [5.41, 5.74) is 2.66. The number of rotatable bonds is 3. The predicted molar refractivity (Wildman–Crippen MR) is 76.6 cm³/mol. The number of amides is 1. The summed E-state index contributed by atoms with van der Waals surface area (Å²) in [7, 11) is 0. The van der Waals surface area contributed by atoms with E-state index in [0.29, 0.717) is 19.5 Å². The summed E-state index contributed by atoms with van der Waals surface area (Å²) in [5, 5.41) is 11.7. The van der Waals surface area contributed by atoms with E-state index >= 15 is 0 Å². The van der Waals surface area contributed by atoms with E-state index in [9.17, 15) is 9.59 Å². The average Bonchev–Trinajstić information content (AvgIpc) is 2.45. The second-order valence-corrected chi connectivity index (χ2v) is 5.46. The van der Waals surface area contributed by atoms with E-state index in [-0.39, 0.29) is 12.3 Å². The third-order valence-corrected chi connectivity index (χ3v) is 3.52. The fraction of sp³-hybridized carbons (Fsp3) is 0.385. The lowest BCUT2D eigenvalue weighted by molar-refractivity contribution is -0.136. The molecule has 0 aliphatic carbocycles. The van der Waals surface area contributed by atoms with Gasteiger partial charge in [-0.15, -0.1) is 0 Å². The summed E-state index contributed by atoms with van der Waals surface area (Å²) in [5.74, 6) is -0.878. The van der Waals surface area contributed by atoms with Gasteiger partial charge >= 0.3 is 5.97 Å². The first kappa shape index (κ1) is 13.9. The van der Waals surface area contributed by atoms with Crippen molar-refractivity contribution in [1.29, 1.82) is 0 Å². The number of carboxylic acids is 1. The number of carbonyl (C=O) groups is 2. The molecular weight excluding hydrogens is 312 g/mol. The van der Waals surface area contributed by atoms with Crippen LogP contribution in [-0.2, 0) is 9.59 Å². The zero-order chi connectivity index (χ0) is 14.0. The zero-order valence-electron chi connectivity index (χ0n) is 10.6. The molecule has 2 N–H and O–H groups in total. The van der Waals surface area contributed by atoms with Gasteiger partial charge in [-0.2, -0.15) is 0 Å². The molecule has 1 aliphatic heterocycles. The van der Waals surface area contributed by atoms with E-state index < -0.39 is 5.97 Å². The van der Waals surface area contributed by atoms with E-state index in [4.69, 9.17) is 5.11 Å². The van der Waals surface area contributed by atoms with Crippen LogP contribution in [0.2, 0.25) is 0 Å². The molecule has 1 heterocycles. The molecule has 102 valence electrons. The number of fused-ring (bicyclic) bond motifs is 1. The lowest BCUT2D eigenvalue weighted by Gasteiger charge is -2.25.